The van der Waals surface area contributed by atoms with E-state index in [0.717, 1.165) is 148 Å². The van der Waals surface area contributed by atoms with Crippen molar-refractivity contribution in [2.24, 2.45) is 0 Å². The van der Waals surface area contributed by atoms with Gasteiger partial charge in [-0.3, -0.25) is 14.4 Å². The van der Waals surface area contributed by atoms with Gasteiger partial charge in [0.05, 0.1) is 0 Å². The van der Waals surface area contributed by atoms with Crippen LogP contribution in [0.2, 0.25) is 0 Å². The summed E-state index contributed by atoms with van der Waals surface area (Å²) >= 11 is 0. The smallest absolute Gasteiger partial charge is 0.306 e. The third-order valence-electron chi connectivity index (χ3n) is 13.6. The van der Waals surface area contributed by atoms with Crippen LogP contribution in [0, 0.1) is 0 Å². The second-order valence-electron chi connectivity index (χ2n) is 21.3. The predicted molar refractivity (Wildman–Crippen MR) is 343 cm³/mol. The zero-order valence-electron chi connectivity index (χ0n) is 51.3. The Kier molecular flexibility index (Phi) is 62.3. The molecule has 0 saturated carbocycles. The molecule has 0 aliphatic carbocycles. The molecular weight excluding hydrogens is 973 g/mol. The lowest BCUT2D eigenvalue weighted by atomic mass is 10.0. The molecule has 0 rings (SSSR count). The van der Waals surface area contributed by atoms with E-state index in [4.69, 9.17) is 14.2 Å². The highest BCUT2D eigenvalue weighted by Crippen LogP contribution is 2.15. The van der Waals surface area contributed by atoms with E-state index in [0.29, 0.717) is 19.3 Å². The van der Waals surface area contributed by atoms with Crippen LogP contribution in [0.1, 0.15) is 290 Å². The van der Waals surface area contributed by atoms with Gasteiger partial charge in [0.2, 0.25) is 0 Å². The zero-order chi connectivity index (χ0) is 57.1. The molecule has 0 radical (unpaired) electrons. The van der Waals surface area contributed by atoms with E-state index in [-0.39, 0.29) is 31.1 Å². The van der Waals surface area contributed by atoms with Crippen molar-refractivity contribution in [1.29, 1.82) is 0 Å². The Morgan fingerprint density at radius 1 is 0.266 bits per heavy atom. The maximum atomic E-state index is 12.9. The van der Waals surface area contributed by atoms with E-state index >= 15 is 0 Å². The summed E-state index contributed by atoms with van der Waals surface area (Å²) in [4.78, 5) is 38.3. The number of unbranched alkanes of at least 4 members (excludes halogenated alkanes) is 25. The van der Waals surface area contributed by atoms with Crippen molar-refractivity contribution in [2.75, 3.05) is 13.2 Å². The molecule has 0 aliphatic heterocycles. The molecule has 0 fully saturated rings. The molecule has 448 valence electrons. The summed E-state index contributed by atoms with van der Waals surface area (Å²) in [5, 5.41) is 0. The molecule has 6 nitrogen and oxygen atoms in total. The van der Waals surface area contributed by atoms with Crippen molar-refractivity contribution >= 4 is 17.9 Å². The summed E-state index contributed by atoms with van der Waals surface area (Å²) in [5.41, 5.74) is 0. The van der Waals surface area contributed by atoms with Crippen LogP contribution in [-0.2, 0) is 28.6 Å². The molecule has 0 aromatic heterocycles. The molecule has 0 N–H and O–H groups in total. The minimum absolute atomic E-state index is 0.0999. The number of hydrogen-bond donors (Lipinski definition) is 0. The Morgan fingerprint density at radius 2 is 0.494 bits per heavy atom. The molecule has 6 heteroatoms. The topological polar surface area (TPSA) is 78.9 Å². The van der Waals surface area contributed by atoms with Crippen molar-refractivity contribution in [2.45, 2.75) is 297 Å². The van der Waals surface area contributed by atoms with Crippen LogP contribution in [0.4, 0.5) is 0 Å². The van der Waals surface area contributed by atoms with E-state index in [1.165, 1.54) is 103 Å². The zero-order valence-corrected chi connectivity index (χ0v) is 51.3. The van der Waals surface area contributed by atoms with Crippen LogP contribution in [-0.4, -0.2) is 37.2 Å². The number of hydrogen-bond acceptors (Lipinski definition) is 6. The van der Waals surface area contributed by atoms with Crippen molar-refractivity contribution in [3.8, 4) is 0 Å². The van der Waals surface area contributed by atoms with Gasteiger partial charge >= 0.3 is 17.9 Å². The third kappa shape index (κ3) is 64.3. The quantitative estimate of drug-likeness (QED) is 0.0261. The first-order valence-corrected chi connectivity index (χ1v) is 32.7. The summed E-state index contributed by atoms with van der Waals surface area (Å²) in [7, 11) is 0. The van der Waals surface area contributed by atoms with Crippen LogP contribution < -0.4 is 0 Å². The first kappa shape index (κ1) is 74.5. The van der Waals surface area contributed by atoms with E-state index < -0.39 is 6.10 Å². The van der Waals surface area contributed by atoms with Crippen molar-refractivity contribution in [3.05, 3.63) is 134 Å². The van der Waals surface area contributed by atoms with Gasteiger partial charge in [0.1, 0.15) is 13.2 Å². The van der Waals surface area contributed by atoms with Crippen LogP contribution in [0.15, 0.2) is 134 Å². The minimum atomic E-state index is -0.808. The second-order valence-corrected chi connectivity index (χ2v) is 21.3. The van der Waals surface area contributed by atoms with Gasteiger partial charge in [-0.2, -0.15) is 0 Å². The van der Waals surface area contributed by atoms with Gasteiger partial charge in [0.25, 0.3) is 0 Å². The van der Waals surface area contributed by atoms with Crippen LogP contribution >= 0.6 is 0 Å². The van der Waals surface area contributed by atoms with Crippen molar-refractivity contribution < 1.29 is 28.6 Å². The SMILES string of the molecule is CC/C=C\C/C=C\C/C=C\C/C=C\C/C=C\CCCCCCCC(=O)OC(COC(=O)CCCCC/C=C\C/C=C\C/C=C\CC)COC(=O)CCCCCCCCCCCCCC/C=C\C/C=C\C/C=C\CCCCCCC. The Balaban J connectivity index is 4.37. The molecule has 0 amide bonds. The molecule has 79 heavy (non-hydrogen) atoms. The first-order valence-electron chi connectivity index (χ1n) is 32.7. The molecule has 1 atom stereocenters. The number of carbonyl (C=O) groups excluding carboxylic acids is 3. The fraction of sp³-hybridized carbons (Fsp3) is 0.658. The molecule has 0 aliphatic rings. The van der Waals surface area contributed by atoms with Crippen molar-refractivity contribution in [3.63, 3.8) is 0 Å². The number of esters is 3. The molecule has 0 bridgehead atoms. The fourth-order valence-corrected chi connectivity index (χ4v) is 8.79. The lowest BCUT2D eigenvalue weighted by molar-refractivity contribution is -0.167. The van der Waals surface area contributed by atoms with E-state index in [2.05, 4.69) is 154 Å². The lowest BCUT2D eigenvalue weighted by Crippen LogP contribution is -2.30. The first-order chi connectivity index (χ1) is 39.0. The summed E-state index contributed by atoms with van der Waals surface area (Å²) < 4.78 is 16.9. The third-order valence-corrected chi connectivity index (χ3v) is 13.6. The van der Waals surface area contributed by atoms with Crippen molar-refractivity contribution in [1.82, 2.24) is 0 Å². The number of allylic oxidation sites excluding steroid dienone is 22. The molecular formula is C73H120O6. The van der Waals surface area contributed by atoms with Gasteiger partial charge in [0.15, 0.2) is 6.10 Å². The lowest BCUT2D eigenvalue weighted by Gasteiger charge is -2.18. The average Bonchev–Trinajstić information content (AvgIpc) is 3.45. The van der Waals surface area contributed by atoms with Gasteiger partial charge in [-0.25, -0.2) is 0 Å². The number of rotatable bonds is 58. The Bertz CT molecular complexity index is 1680. The molecule has 1 unspecified atom stereocenters. The van der Waals surface area contributed by atoms with Gasteiger partial charge < -0.3 is 14.2 Å². The standard InChI is InChI=1S/C73H120O6/c1-4-7-10-13-16-19-22-25-27-29-31-33-34-35-36-37-38-40-41-43-45-48-51-54-57-60-63-66-72(75)78-69-70(68-77-71(74)65-62-59-56-53-50-47-24-21-18-15-12-9-6-3)79-73(76)67-64-61-58-55-52-49-46-44-42-39-32-30-28-26-23-20-17-14-11-8-5-2/h8-9,11-12,17-18,20-22,25-26,28-29,31-32,34-35,39,44,46-47,50,70H,4-7,10,13-16,19,23-24,27,30,33,36-38,40-43,45,48-49,51-69H2,1-3H3/b11-8-,12-9-,20-17-,21-18-,25-22-,28-26-,31-29-,35-34-,39-32-,46-44-,50-47-. The fourth-order valence-electron chi connectivity index (χ4n) is 8.79. The van der Waals surface area contributed by atoms with Gasteiger partial charge in [-0.1, -0.05) is 270 Å². The molecule has 0 aromatic rings. The second kappa shape index (κ2) is 66.1. The number of ether oxygens (including phenoxy) is 3. The van der Waals surface area contributed by atoms with E-state index in [1.807, 2.05) is 0 Å². The Morgan fingerprint density at radius 3 is 0.785 bits per heavy atom. The highest BCUT2D eigenvalue weighted by atomic mass is 16.6. The maximum absolute atomic E-state index is 12.9. The summed E-state index contributed by atoms with van der Waals surface area (Å²) in [6.45, 7) is 6.37. The summed E-state index contributed by atoms with van der Waals surface area (Å²) in [6.07, 6.45) is 93.2. The van der Waals surface area contributed by atoms with Gasteiger partial charge in [0, 0.05) is 19.3 Å². The largest absolute Gasteiger partial charge is 0.462 e. The molecule has 0 heterocycles. The summed E-state index contributed by atoms with van der Waals surface area (Å²) in [6, 6.07) is 0. The molecule has 0 spiro atoms. The minimum Gasteiger partial charge on any atom is -0.462 e. The highest BCUT2D eigenvalue weighted by molar-refractivity contribution is 5.71. The predicted octanol–water partition coefficient (Wildman–Crippen LogP) is 22.5. The van der Waals surface area contributed by atoms with Gasteiger partial charge in [-0.15, -0.1) is 0 Å². The molecule has 0 saturated heterocycles. The monoisotopic (exact) mass is 1090 g/mol. The molecule has 0 aromatic carbocycles. The maximum Gasteiger partial charge on any atom is 0.306 e. The van der Waals surface area contributed by atoms with E-state index in [9.17, 15) is 14.4 Å². The van der Waals surface area contributed by atoms with Crippen LogP contribution in [0.3, 0.4) is 0 Å². The normalized spacial score (nSPS) is 13.0. The Labute approximate surface area is 487 Å². The van der Waals surface area contributed by atoms with Gasteiger partial charge in [-0.05, 0) is 135 Å². The van der Waals surface area contributed by atoms with Crippen LogP contribution in [0.25, 0.3) is 0 Å². The Hall–Kier alpha value is -4.45. The number of carbonyl (C=O) groups is 3. The highest BCUT2D eigenvalue weighted by Gasteiger charge is 2.19. The van der Waals surface area contributed by atoms with Crippen LogP contribution in [0.5, 0.6) is 0 Å². The summed E-state index contributed by atoms with van der Waals surface area (Å²) in [5.74, 6) is -0.949. The average molecular weight is 1090 g/mol. The van der Waals surface area contributed by atoms with E-state index in [1.54, 1.807) is 0 Å².